The Kier molecular flexibility index (Phi) is 6.44. The SMILES string of the molecule is COCCOC(=O)C1=C(C)N(c2ccccc2)C(=S)N[C@@H]1c1ccccc1C. The van der Waals surface area contributed by atoms with Gasteiger partial charge in [0.05, 0.1) is 18.2 Å². The van der Waals surface area contributed by atoms with Gasteiger partial charge in [-0.25, -0.2) is 4.79 Å². The first kappa shape index (κ1) is 20.0. The summed E-state index contributed by atoms with van der Waals surface area (Å²) in [6.07, 6.45) is 0. The summed E-state index contributed by atoms with van der Waals surface area (Å²) in [6.45, 7) is 4.47. The third-order valence-electron chi connectivity index (χ3n) is 4.74. The second-order valence-electron chi connectivity index (χ2n) is 6.54. The summed E-state index contributed by atoms with van der Waals surface area (Å²) < 4.78 is 10.5. The molecule has 0 saturated heterocycles. The molecule has 0 saturated carbocycles. The Morgan fingerprint density at radius 3 is 2.43 bits per heavy atom. The van der Waals surface area contributed by atoms with Crippen LogP contribution in [0.15, 0.2) is 65.9 Å². The number of esters is 1. The molecule has 5 nitrogen and oxygen atoms in total. The number of benzene rings is 2. The second kappa shape index (κ2) is 8.99. The first-order valence-electron chi connectivity index (χ1n) is 9.12. The van der Waals surface area contributed by atoms with Crippen LogP contribution in [0.25, 0.3) is 0 Å². The zero-order valence-electron chi connectivity index (χ0n) is 16.3. The number of aryl methyl sites for hydroxylation is 1. The Hall–Kier alpha value is -2.70. The molecule has 0 aliphatic carbocycles. The monoisotopic (exact) mass is 396 g/mol. The van der Waals surface area contributed by atoms with Crippen LogP contribution < -0.4 is 10.2 Å². The number of anilines is 1. The lowest BCUT2D eigenvalue weighted by atomic mass is 9.92. The van der Waals surface area contributed by atoms with Crippen LogP contribution in [-0.2, 0) is 14.3 Å². The molecule has 1 N–H and O–H groups in total. The van der Waals surface area contributed by atoms with E-state index in [1.54, 1.807) is 7.11 Å². The smallest absolute Gasteiger partial charge is 0.338 e. The molecular formula is C22H24N2O3S. The number of hydrogen-bond donors (Lipinski definition) is 1. The second-order valence-corrected chi connectivity index (χ2v) is 6.92. The quantitative estimate of drug-likeness (QED) is 0.454. The number of para-hydroxylation sites is 1. The first-order valence-corrected chi connectivity index (χ1v) is 9.53. The molecule has 0 fully saturated rings. The van der Waals surface area contributed by atoms with Crippen molar-refractivity contribution in [2.45, 2.75) is 19.9 Å². The van der Waals surface area contributed by atoms with Gasteiger partial charge in [-0.1, -0.05) is 42.5 Å². The van der Waals surface area contributed by atoms with Crippen molar-refractivity contribution in [1.29, 1.82) is 0 Å². The van der Waals surface area contributed by atoms with Crippen LogP contribution in [0, 0.1) is 6.92 Å². The van der Waals surface area contributed by atoms with E-state index in [0.29, 0.717) is 17.3 Å². The third-order valence-corrected chi connectivity index (χ3v) is 5.04. The predicted molar refractivity (Wildman–Crippen MR) is 114 cm³/mol. The van der Waals surface area contributed by atoms with E-state index in [9.17, 15) is 4.79 Å². The number of carbonyl (C=O) groups excluding carboxylic acids is 1. The molecule has 28 heavy (non-hydrogen) atoms. The molecule has 1 atom stereocenters. The Balaban J connectivity index is 2.08. The zero-order chi connectivity index (χ0) is 20.1. The van der Waals surface area contributed by atoms with Crippen LogP contribution in [0.4, 0.5) is 5.69 Å². The van der Waals surface area contributed by atoms with Gasteiger partial charge in [0.1, 0.15) is 6.61 Å². The van der Waals surface area contributed by atoms with Gasteiger partial charge in [-0.15, -0.1) is 0 Å². The summed E-state index contributed by atoms with van der Waals surface area (Å²) in [7, 11) is 1.58. The lowest BCUT2D eigenvalue weighted by Gasteiger charge is -2.38. The maximum atomic E-state index is 13.0. The van der Waals surface area contributed by atoms with E-state index in [4.69, 9.17) is 21.7 Å². The molecule has 0 aromatic heterocycles. The minimum atomic E-state index is -0.376. The molecule has 0 radical (unpaired) electrons. The van der Waals surface area contributed by atoms with Crippen LogP contribution in [0.3, 0.4) is 0 Å². The first-order chi connectivity index (χ1) is 13.5. The van der Waals surface area contributed by atoms with Crippen molar-refractivity contribution in [3.8, 4) is 0 Å². The Morgan fingerprint density at radius 2 is 1.75 bits per heavy atom. The van der Waals surface area contributed by atoms with Crippen LogP contribution >= 0.6 is 12.2 Å². The van der Waals surface area contributed by atoms with Crippen LogP contribution in [-0.4, -0.2) is 31.4 Å². The van der Waals surface area contributed by atoms with Crippen molar-refractivity contribution >= 4 is 29.0 Å². The summed E-state index contributed by atoms with van der Waals surface area (Å²) >= 11 is 5.66. The average Bonchev–Trinajstić information content (AvgIpc) is 2.69. The number of thiocarbonyl (C=S) groups is 1. The molecule has 0 amide bonds. The Morgan fingerprint density at radius 1 is 1.07 bits per heavy atom. The molecule has 1 aliphatic heterocycles. The van der Waals surface area contributed by atoms with Crippen LogP contribution in [0.1, 0.15) is 24.1 Å². The lowest BCUT2D eigenvalue weighted by Crippen LogP contribution is -2.48. The van der Waals surface area contributed by atoms with Crippen molar-refractivity contribution in [3.05, 3.63) is 77.0 Å². The van der Waals surface area contributed by atoms with E-state index < -0.39 is 0 Å². The fraction of sp³-hybridized carbons (Fsp3) is 0.273. The number of ether oxygens (including phenoxy) is 2. The Bertz CT molecular complexity index is 896. The topological polar surface area (TPSA) is 50.8 Å². The molecule has 2 aromatic carbocycles. The maximum Gasteiger partial charge on any atom is 0.338 e. The molecule has 0 spiro atoms. The van der Waals surface area contributed by atoms with Gasteiger partial charge in [0.2, 0.25) is 0 Å². The number of rotatable bonds is 6. The van der Waals surface area contributed by atoms with E-state index >= 15 is 0 Å². The van der Waals surface area contributed by atoms with Gasteiger partial charge in [0.15, 0.2) is 5.11 Å². The van der Waals surface area contributed by atoms with Gasteiger partial charge in [0, 0.05) is 18.5 Å². The summed E-state index contributed by atoms with van der Waals surface area (Å²) in [5.41, 5.74) is 4.26. The molecule has 3 rings (SSSR count). The minimum Gasteiger partial charge on any atom is -0.460 e. The summed E-state index contributed by atoms with van der Waals surface area (Å²) in [6, 6.07) is 17.3. The van der Waals surface area contributed by atoms with Gasteiger partial charge >= 0.3 is 5.97 Å². The lowest BCUT2D eigenvalue weighted by molar-refractivity contribution is -0.140. The van der Waals surface area contributed by atoms with Crippen molar-refractivity contribution in [2.75, 3.05) is 25.2 Å². The highest BCUT2D eigenvalue weighted by molar-refractivity contribution is 7.80. The molecule has 2 aromatic rings. The largest absolute Gasteiger partial charge is 0.460 e. The molecule has 6 heteroatoms. The van der Waals surface area contributed by atoms with Gasteiger partial charge in [0.25, 0.3) is 0 Å². The number of nitrogens with one attached hydrogen (secondary N) is 1. The highest BCUT2D eigenvalue weighted by Crippen LogP contribution is 2.35. The molecule has 0 bridgehead atoms. The fourth-order valence-corrected chi connectivity index (χ4v) is 3.69. The average molecular weight is 397 g/mol. The summed E-state index contributed by atoms with van der Waals surface area (Å²) in [5.74, 6) is -0.376. The summed E-state index contributed by atoms with van der Waals surface area (Å²) in [5, 5.41) is 3.89. The van der Waals surface area contributed by atoms with Crippen molar-refractivity contribution < 1.29 is 14.3 Å². The molecule has 1 aliphatic rings. The molecule has 0 unspecified atom stereocenters. The highest BCUT2D eigenvalue weighted by atomic mass is 32.1. The number of nitrogens with zero attached hydrogens (tertiary/aromatic N) is 1. The zero-order valence-corrected chi connectivity index (χ0v) is 17.1. The minimum absolute atomic E-state index is 0.197. The van der Waals surface area contributed by atoms with Crippen molar-refractivity contribution in [3.63, 3.8) is 0 Å². The van der Waals surface area contributed by atoms with E-state index in [1.807, 2.05) is 73.3 Å². The van der Waals surface area contributed by atoms with Gasteiger partial charge in [-0.2, -0.15) is 0 Å². The Labute approximate surface area is 170 Å². The molecule has 146 valence electrons. The van der Waals surface area contributed by atoms with Crippen molar-refractivity contribution in [2.24, 2.45) is 0 Å². The van der Waals surface area contributed by atoms with E-state index in [-0.39, 0.29) is 18.6 Å². The van der Waals surface area contributed by atoms with E-state index in [0.717, 1.165) is 22.5 Å². The fourth-order valence-electron chi connectivity index (χ4n) is 3.33. The number of allylic oxidation sites excluding steroid dienone is 1. The van der Waals surface area contributed by atoms with Gasteiger partial charge < -0.3 is 14.8 Å². The van der Waals surface area contributed by atoms with Crippen molar-refractivity contribution in [1.82, 2.24) is 5.32 Å². The van der Waals surface area contributed by atoms with E-state index in [1.165, 1.54) is 0 Å². The van der Waals surface area contributed by atoms with Crippen LogP contribution in [0.2, 0.25) is 0 Å². The maximum absolute atomic E-state index is 13.0. The number of carbonyl (C=O) groups is 1. The molecular weight excluding hydrogens is 372 g/mol. The van der Waals surface area contributed by atoms with Gasteiger partial charge in [-0.05, 0) is 49.3 Å². The predicted octanol–water partition coefficient (Wildman–Crippen LogP) is 3.89. The third kappa shape index (κ3) is 4.08. The summed E-state index contributed by atoms with van der Waals surface area (Å²) in [4.78, 5) is 14.9. The van der Waals surface area contributed by atoms with E-state index in [2.05, 4.69) is 5.32 Å². The van der Waals surface area contributed by atoms with Crippen LogP contribution in [0.5, 0.6) is 0 Å². The number of hydrogen-bond acceptors (Lipinski definition) is 4. The number of methoxy groups -OCH3 is 1. The molecule has 1 heterocycles. The standard InChI is InChI=1S/C22H24N2O3S/c1-15-9-7-8-12-18(15)20-19(21(25)27-14-13-26-3)16(2)24(22(28)23-20)17-10-5-4-6-11-17/h4-12,20H,13-14H2,1-3H3,(H,23,28)/t20-/m1/s1. The highest BCUT2D eigenvalue weighted by Gasteiger charge is 2.35. The normalized spacial score (nSPS) is 16.8. The van der Waals surface area contributed by atoms with Gasteiger partial charge in [-0.3, -0.25) is 4.90 Å².